The molecule has 2 aromatic heterocycles. The fourth-order valence-electron chi connectivity index (χ4n) is 3.56. The Morgan fingerprint density at radius 2 is 2.24 bits per heavy atom. The maximum Gasteiger partial charge on any atom is 0.222 e. The van der Waals surface area contributed by atoms with Crippen LogP contribution < -0.4 is 5.32 Å². The van der Waals surface area contributed by atoms with E-state index < -0.39 is 0 Å². The summed E-state index contributed by atoms with van der Waals surface area (Å²) in [5.41, 5.74) is 5.72. The number of anilines is 2. The van der Waals surface area contributed by atoms with Gasteiger partial charge in [0.15, 0.2) is 0 Å². The molecule has 0 unspecified atom stereocenters. The molecule has 4 rings (SSSR count). The Hall–Kier alpha value is -3.06. The first-order valence-electron chi connectivity index (χ1n) is 9.60. The molecular weight excluding hydrogens is 382 g/mol. The average Bonchev–Trinajstić information content (AvgIpc) is 3.19. The molecule has 3 aromatic rings. The molecule has 2 N–H and O–H groups in total. The van der Waals surface area contributed by atoms with Gasteiger partial charge in [-0.05, 0) is 49.0 Å². The van der Waals surface area contributed by atoms with Crippen LogP contribution >= 0.6 is 12.6 Å². The van der Waals surface area contributed by atoms with Crippen LogP contribution in [0.4, 0.5) is 17.1 Å². The Morgan fingerprint density at radius 3 is 2.93 bits per heavy atom. The van der Waals surface area contributed by atoms with E-state index in [0.29, 0.717) is 13.0 Å². The third-order valence-electron chi connectivity index (χ3n) is 5.17. The van der Waals surface area contributed by atoms with Crippen LogP contribution in [0, 0.1) is 0 Å². The summed E-state index contributed by atoms with van der Waals surface area (Å²) in [7, 11) is 0. The molecule has 1 aliphatic rings. The smallest absolute Gasteiger partial charge is 0.222 e. The minimum absolute atomic E-state index is 0.200. The van der Waals surface area contributed by atoms with Gasteiger partial charge in [-0.15, -0.1) is 12.6 Å². The molecule has 3 heterocycles. The van der Waals surface area contributed by atoms with Crippen molar-refractivity contribution >= 4 is 58.9 Å². The van der Waals surface area contributed by atoms with Crippen LogP contribution in [0.1, 0.15) is 25.5 Å². The van der Waals surface area contributed by atoms with Gasteiger partial charge in [0.25, 0.3) is 0 Å². The van der Waals surface area contributed by atoms with Crippen LogP contribution in [0.15, 0.2) is 52.5 Å². The SMILES string of the molecule is C=Nc1ccc(Nc2ccnc3[nH]c(C4=CCN(C(=O)CC)CC4)cc23)cc1S. The van der Waals surface area contributed by atoms with Crippen molar-refractivity contribution in [3.05, 3.63) is 48.3 Å². The van der Waals surface area contributed by atoms with Crippen LogP contribution in [0.3, 0.4) is 0 Å². The van der Waals surface area contributed by atoms with Crippen molar-refractivity contribution in [3.8, 4) is 0 Å². The lowest BCUT2D eigenvalue weighted by Gasteiger charge is -2.25. The van der Waals surface area contributed by atoms with Crippen LogP contribution in [0.2, 0.25) is 0 Å². The van der Waals surface area contributed by atoms with Crippen molar-refractivity contribution in [2.24, 2.45) is 4.99 Å². The number of nitrogens with zero attached hydrogens (tertiary/aromatic N) is 3. The van der Waals surface area contributed by atoms with Crippen molar-refractivity contribution in [3.63, 3.8) is 0 Å². The summed E-state index contributed by atoms with van der Waals surface area (Å²) >= 11 is 4.46. The number of aromatic nitrogens is 2. The Morgan fingerprint density at radius 1 is 1.38 bits per heavy atom. The molecule has 6 nitrogen and oxygen atoms in total. The van der Waals surface area contributed by atoms with E-state index in [1.807, 2.05) is 36.1 Å². The second kappa shape index (κ2) is 8.13. The lowest BCUT2D eigenvalue weighted by molar-refractivity contribution is -0.130. The second-order valence-electron chi connectivity index (χ2n) is 6.96. The third kappa shape index (κ3) is 3.91. The average molecular weight is 406 g/mol. The van der Waals surface area contributed by atoms with Crippen molar-refractivity contribution in [2.75, 3.05) is 18.4 Å². The minimum Gasteiger partial charge on any atom is -0.355 e. The van der Waals surface area contributed by atoms with E-state index in [1.165, 1.54) is 5.57 Å². The Labute approximate surface area is 175 Å². The van der Waals surface area contributed by atoms with Gasteiger partial charge in [0, 0.05) is 47.4 Å². The molecule has 0 bridgehead atoms. The fraction of sp³-hybridized carbons (Fsp3) is 0.227. The first-order chi connectivity index (χ1) is 14.1. The third-order valence-corrected chi connectivity index (χ3v) is 5.53. The molecule has 0 atom stereocenters. The van der Waals surface area contributed by atoms with Gasteiger partial charge in [-0.3, -0.25) is 9.79 Å². The van der Waals surface area contributed by atoms with Crippen LogP contribution in [0.5, 0.6) is 0 Å². The zero-order chi connectivity index (χ0) is 20.4. The highest BCUT2D eigenvalue weighted by atomic mass is 32.1. The minimum atomic E-state index is 0.200. The van der Waals surface area contributed by atoms with Crippen LogP contribution in [-0.4, -0.2) is 40.6 Å². The van der Waals surface area contributed by atoms with Crippen molar-refractivity contribution in [1.82, 2.24) is 14.9 Å². The van der Waals surface area contributed by atoms with Gasteiger partial charge < -0.3 is 15.2 Å². The monoisotopic (exact) mass is 405 g/mol. The van der Waals surface area contributed by atoms with E-state index in [1.54, 1.807) is 6.20 Å². The number of amides is 1. The molecular formula is C22H23N5OS. The molecule has 7 heteroatoms. The van der Waals surface area contributed by atoms with Gasteiger partial charge in [-0.2, -0.15) is 0 Å². The van der Waals surface area contributed by atoms with Gasteiger partial charge in [-0.25, -0.2) is 4.98 Å². The molecule has 0 saturated carbocycles. The lowest BCUT2D eigenvalue weighted by atomic mass is 10.0. The van der Waals surface area contributed by atoms with Crippen LogP contribution in [-0.2, 0) is 4.79 Å². The van der Waals surface area contributed by atoms with Crippen molar-refractivity contribution in [1.29, 1.82) is 0 Å². The highest BCUT2D eigenvalue weighted by Gasteiger charge is 2.18. The zero-order valence-electron chi connectivity index (χ0n) is 16.3. The molecule has 148 valence electrons. The van der Waals surface area contributed by atoms with E-state index >= 15 is 0 Å². The Balaban J connectivity index is 1.61. The van der Waals surface area contributed by atoms with Crippen molar-refractivity contribution < 1.29 is 4.79 Å². The van der Waals surface area contributed by atoms with Gasteiger partial charge in [0.1, 0.15) is 5.65 Å². The maximum atomic E-state index is 11.9. The number of H-pyrrole nitrogens is 1. The molecule has 0 spiro atoms. The fourth-order valence-corrected chi connectivity index (χ4v) is 3.85. The summed E-state index contributed by atoms with van der Waals surface area (Å²) in [4.78, 5) is 26.4. The topological polar surface area (TPSA) is 73.4 Å². The van der Waals surface area contributed by atoms with Gasteiger partial charge in [0.2, 0.25) is 5.91 Å². The van der Waals surface area contributed by atoms with Gasteiger partial charge >= 0.3 is 0 Å². The molecule has 0 aliphatic carbocycles. The number of aromatic amines is 1. The Bertz CT molecular complexity index is 1120. The first-order valence-corrected chi connectivity index (χ1v) is 10.1. The number of thiol groups is 1. The molecule has 0 radical (unpaired) electrons. The van der Waals surface area contributed by atoms with E-state index in [0.717, 1.165) is 51.7 Å². The van der Waals surface area contributed by atoms with E-state index in [9.17, 15) is 4.79 Å². The summed E-state index contributed by atoms with van der Waals surface area (Å²) in [5.74, 6) is 0.200. The number of benzene rings is 1. The number of carbonyl (C=O) groups is 1. The summed E-state index contributed by atoms with van der Waals surface area (Å²) < 4.78 is 0. The van der Waals surface area contributed by atoms with E-state index in [2.05, 4.69) is 51.8 Å². The normalized spacial score (nSPS) is 14.0. The molecule has 1 aliphatic heterocycles. The number of hydrogen-bond acceptors (Lipinski definition) is 5. The quantitative estimate of drug-likeness (QED) is 0.415. The molecule has 1 aromatic carbocycles. The predicted molar refractivity (Wildman–Crippen MR) is 122 cm³/mol. The first kappa shape index (κ1) is 19.3. The van der Waals surface area contributed by atoms with Gasteiger partial charge in [0.05, 0.1) is 11.4 Å². The number of rotatable bonds is 5. The lowest BCUT2D eigenvalue weighted by Crippen LogP contribution is -2.34. The van der Waals surface area contributed by atoms with E-state index in [4.69, 9.17) is 0 Å². The number of nitrogens with one attached hydrogen (secondary N) is 2. The standard InChI is InChI=1S/C22H23N5OS/c1-3-21(28)27-10-7-14(8-11-27)19-13-16-17(6-9-24-22(16)26-19)25-15-4-5-18(23-2)20(29)12-15/h4-7,9,12-13,29H,2-3,8,10-11H2,1H3,(H2,24,25,26). The highest BCUT2D eigenvalue weighted by molar-refractivity contribution is 7.80. The van der Waals surface area contributed by atoms with E-state index in [-0.39, 0.29) is 5.91 Å². The second-order valence-corrected chi connectivity index (χ2v) is 7.44. The number of fused-ring (bicyclic) bond motifs is 1. The maximum absolute atomic E-state index is 11.9. The molecule has 0 saturated heterocycles. The molecule has 29 heavy (non-hydrogen) atoms. The Kier molecular flexibility index (Phi) is 5.40. The number of aliphatic imine (C=N–C) groups is 1. The molecule has 1 amide bonds. The van der Waals surface area contributed by atoms with Crippen LogP contribution in [0.25, 0.3) is 16.6 Å². The predicted octanol–water partition coefficient (Wildman–Crippen LogP) is 4.95. The highest BCUT2D eigenvalue weighted by Crippen LogP contribution is 2.32. The summed E-state index contributed by atoms with van der Waals surface area (Å²) in [6.07, 6.45) is 5.29. The summed E-state index contributed by atoms with van der Waals surface area (Å²) in [6.45, 7) is 6.86. The number of hydrogen-bond donors (Lipinski definition) is 3. The summed E-state index contributed by atoms with van der Waals surface area (Å²) in [5, 5.41) is 4.46. The molecule has 0 fully saturated rings. The zero-order valence-corrected chi connectivity index (χ0v) is 17.2. The number of pyridine rings is 1. The largest absolute Gasteiger partial charge is 0.355 e. The van der Waals surface area contributed by atoms with Gasteiger partial charge in [-0.1, -0.05) is 13.0 Å². The number of carbonyl (C=O) groups excluding carboxylic acids is 1. The van der Waals surface area contributed by atoms with Crippen molar-refractivity contribution in [2.45, 2.75) is 24.7 Å². The summed E-state index contributed by atoms with van der Waals surface area (Å²) in [6, 6.07) is 9.83.